The van der Waals surface area contributed by atoms with Crippen molar-refractivity contribution in [2.45, 2.75) is 50.7 Å². The largest absolute Gasteiger partial charge is 0.394 e. The Morgan fingerprint density at radius 3 is 2.70 bits per heavy atom. The van der Waals surface area contributed by atoms with E-state index >= 15 is 0 Å². The molecule has 1 aromatic heterocycles. The summed E-state index contributed by atoms with van der Waals surface area (Å²) in [6.45, 7) is 4.99. The first kappa shape index (κ1) is 16.7. The number of rotatable bonds is 6. The fourth-order valence-corrected chi connectivity index (χ4v) is 4.08. The summed E-state index contributed by atoms with van der Waals surface area (Å²) in [5.74, 6) is 0.422. The number of aliphatic hydroxyl groups excluding tert-OH is 1. The van der Waals surface area contributed by atoms with Crippen molar-refractivity contribution in [3.8, 4) is 0 Å². The summed E-state index contributed by atoms with van der Waals surface area (Å²) in [6, 6.07) is 4.37. The second kappa shape index (κ2) is 7.20. The monoisotopic (exact) mass is 337 g/mol. The lowest BCUT2D eigenvalue weighted by Gasteiger charge is -2.34. The van der Waals surface area contributed by atoms with E-state index in [9.17, 15) is 9.90 Å². The van der Waals surface area contributed by atoms with E-state index in [1.807, 2.05) is 6.92 Å². The van der Waals surface area contributed by atoms with Crippen LogP contribution >= 0.6 is 11.3 Å². The zero-order valence-corrected chi connectivity index (χ0v) is 14.6. The van der Waals surface area contributed by atoms with Gasteiger partial charge in [0.1, 0.15) is 0 Å². The third-order valence-corrected chi connectivity index (χ3v) is 5.95. The Morgan fingerprint density at radius 1 is 1.39 bits per heavy atom. The lowest BCUT2D eigenvalue weighted by molar-refractivity contribution is 0.149. The maximum atomic E-state index is 12.2. The predicted octanol–water partition coefficient (Wildman–Crippen LogP) is 2.17. The molecule has 3 rings (SSSR count). The lowest BCUT2D eigenvalue weighted by Crippen LogP contribution is -2.56. The van der Waals surface area contributed by atoms with E-state index in [0.29, 0.717) is 5.92 Å². The van der Waals surface area contributed by atoms with Crippen molar-refractivity contribution in [2.24, 2.45) is 5.92 Å². The normalized spacial score (nSPS) is 22.5. The highest BCUT2D eigenvalue weighted by molar-refractivity contribution is 7.09. The topological polar surface area (TPSA) is 64.6 Å². The van der Waals surface area contributed by atoms with Gasteiger partial charge >= 0.3 is 6.03 Å². The fraction of sp³-hybridized carbons (Fsp3) is 0.706. The SMILES string of the molecule is C[C@@](CO)(NC(=O)NC1CCN(Cc2cccs2)CC1)C1CC1. The molecule has 2 fully saturated rings. The second-order valence-electron chi connectivity index (χ2n) is 7.08. The van der Waals surface area contributed by atoms with Crippen LogP contribution in [-0.2, 0) is 6.54 Å². The van der Waals surface area contributed by atoms with Crippen molar-refractivity contribution in [3.05, 3.63) is 22.4 Å². The zero-order valence-electron chi connectivity index (χ0n) is 13.8. The molecule has 0 aromatic carbocycles. The van der Waals surface area contributed by atoms with Crippen molar-refractivity contribution >= 4 is 17.4 Å². The van der Waals surface area contributed by atoms with Crippen LogP contribution in [0, 0.1) is 5.92 Å². The summed E-state index contributed by atoms with van der Waals surface area (Å²) >= 11 is 1.80. The number of hydrogen-bond acceptors (Lipinski definition) is 4. The zero-order chi connectivity index (χ0) is 16.3. The molecular formula is C17H27N3O2S. The number of thiophene rings is 1. The molecule has 1 aliphatic carbocycles. The van der Waals surface area contributed by atoms with Crippen LogP contribution in [0.2, 0.25) is 0 Å². The van der Waals surface area contributed by atoms with Gasteiger partial charge in [0.25, 0.3) is 0 Å². The van der Waals surface area contributed by atoms with Crippen molar-refractivity contribution in [1.29, 1.82) is 0 Å². The van der Waals surface area contributed by atoms with Crippen LogP contribution in [0.3, 0.4) is 0 Å². The molecular weight excluding hydrogens is 310 g/mol. The Hall–Kier alpha value is -1.11. The standard InChI is InChI=1S/C17H27N3O2S/c1-17(12-21,13-4-5-13)19-16(22)18-14-6-8-20(9-7-14)11-15-3-2-10-23-15/h2-3,10,13-14,21H,4-9,11-12H2,1H3,(H2,18,19,22)/t17-/m0/s1. The van der Waals surface area contributed by atoms with Gasteiger partial charge in [-0.2, -0.15) is 0 Å². The maximum absolute atomic E-state index is 12.2. The van der Waals surface area contributed by atoms with Gasteiger partial charge in [0.05, 0.1) is 12.1 Å². The van der Waals surface area contributed by atoms with E-state index in [1.54, 1.807) is 11.3 Å². The average molecular weight is 337 g/mol. The molecule has 0 radical (unpaired) electrons. The second-order valence-corrected chi connectivity index (χ2v) is 8.11. The van der Waals surface area contributed by atoms with Crippen LogP contribution in [0.15, 0.2) is 17.5 Å². The Kier molecular flexibility index (Phi) is 5.24. The van der Waals surface area contributed by atoms with Gasteiger partial charge in [-0.3, -0.25) is 4.90 Å². The maximum Gasteiger partial charge on any atom is 0.315 e. The van der Waals surface area contributed by atoms with Crippen LogP contribution in [0.1, 0.15) is 37.5 Å². The third-order valence-electron chi connectivity index (χ3n) is 5.09. The van der Waals surface area contributed by atoms with E-state index in [-0.39, 0.29) is 18.7 Å². The highest BCUT2D eigenvalue weighted by atomic mass is 32.1. The van der Waals surface area contributed by atoms with Gasteiger partial charge in [-0.05, 0) is 50.0 Å². The van der Waals surface area contributed by atoms with Crippen LogP contribution in [0.25, 0.3) is 0 Å². The number of urea groups is 1. The summed E-state index contributed by atoms with van der Waals surface area (Å²) in [6.07, 6.45) is 4.16. The summed E-state index contributed by atoms with van der Waals surface area (Å²) < 4.78 is 0. The molecule has 6 heteroatoms. The highest BCUT2D eigenvalue weighted by Crippen LogP contribution is 2.39. The molecule has 2 amide bonds. The molecule has 5 nitrogen and oxygen atoms in total. The number of amides is 2. The fourth-order valence-electron chi connectivity index (χ4n) is 3.33. The number of hydrogen-bond donors (Lipinski definition) is 3. The summed E-state index contributed by atoms with van der Waals surface area (Å²) in [5, 5.41) is 17.8. The molecule has 1 atom stereocenters. The van der Waals surface area contributed by atoms with Crippen molar-refractivity contribution in [1.82, 2.24) is 15.5 Å². The predicted molar refractivity (Wildman–Crippen MR) is 92.5 cm³/mol. The molecule has 2 heterocycles. The number of carbonyl (C=O) groups is 1. The minimum Gasteiger partial charge on any atom is -0.394 e. The molecule has 23 heavy (non-hydrogen) atoms. The number of aliphatic hydroxyl groups is 1. The summed E-state index contributed by atoms with van der Waals surface area (Å²) in [4.78, 5) is 16.1. The summed E-state index contributed by atoms with van der Waals surface area (Å²) in [7, 11) is 0. The Bertz CT molecular complexity index is 510. The Balaban J connectivity index is 1.40. The quantitative estimate of drug-likeness (QED) is 0.745. The Labute approximate surface area is 142 Å². The van der Waals surface area contributed by atoms with Crippen LogP contribution < -0.4 is 10.6 Å². The third kappa shape index (κ3) is 4.46. The van der Waals surface area contributed by atoms with E-state index in [2.05, 4.69) is 33.0 Å². The number of likely N-dealkylation sites (tertiary alicyclic amines) is 1. The number of carbonyl (C=O) groups excluding carboxylic acids is 1. The van der Waals surface area contributed by atoms with Gasteiger partial charge in [-0.1, -0.05) is 6.07 Å². The molecule has 1 saturated carbocycles. The van der Waals surface area contributed by atoms with Gasteiger partial charge < -0.3 is 15.7 Å². The molecule has 0 bridgehead atoms. The number of nitrogens with one attached hydrogen (secondary N) is 2. The van der Waals surface area contributed by atoms with E-state index in [4.69, 9.17) is 0 Å². The Morgan fingerprint density at radius 2 is 2.13 bits per heavy atom. The number of nitrogens with zero attached hydrogens (tertiary/aromatic N) is 1. The molecule has 2 aliphatic rings. The van der Waals surface area contributed by atoms with E-state index < -0.39 is 5.54 Å². The molecule has 3 N–H and O–H groups in total. The van der Waals surface area contributed by atoms with Gasteiger partial charge in [-0.25, -0.2) is 4.79 Å². The van der Waals surface area contributed by atoms with Crippen LogP contribution in [0.5, 0.6) is 0 Å². The summed E-state index contributed by atoms with van der Waals surface area (Å²) in [5.41, 5.74) is -0.468. The smallest absolute Gasteiger partial charge is 0.315 e. The van der Waals surface area contributed by atoms with Gasteiger partial charge in [-0.15, -0.1) is 11.3 Å². The van der Waals surface area contributed by atoms with Crippen LogP contribution in [0.4, 0.5) is 4.79 Å². The minimum absolute atomic E-state index is 0.00431. The molecule has 1 saturated heterocycles. The number of piperidine rings is 1. The minimum atomic E-state index is -0.468. The average Bonchev–Trinajstić information content (AvgIpc) is 3.28. The molecule has 0 unspecified atom stereocenters. The molecule has 1 aliphatic heterocycles. The van der Waals surface area contributed by atoms with Gasteiger partial charge in [0.15, 0.2) is 0 Å². The first-order chi connectivity index (χ1) is 11.1. The molecule has 128 valence electrons. The first-order valence-electron chi connectivity index (χ1n) is 8.53. The first-order valence-corrected chi connectivity index (χ1v) is 9.41. The van der Waals surface area contributed by atoms with Crippen molar-refractivity contribution in [2.75, 3.05) is 19.7 Å². The van der Waals surface area contributed by atoms with Crippen molar-refractivity contribution in [3.63, 3.8) is 0 Å². The van der Waals surface area contributed by atoms with E-state index in [0.717, 1.165) is 45.3 Å². The molecule has 0 spiro atoms. The van der Waals surface area contributed by atoms with E-state index in [1.165, 1.54) is 4.88 Å². The lowest BCUT2D eigenvalue weighted by atomic mass is 9.97. The highest BCUT2D eigenvalue weighted by Gasteiger charge is 2.42. The van der Waals surface area contributed by atoms with Crippen LogP contribution in [-0.4, -0.2) is 47.3 Å². The van der Waals surface area contributed by atoms with Gasteiger partial charge in [0, 0.05) is 30.6 Å². The van der Waals surface area contributed by atoms with Crippen molar-refractivity contribution < 1.29 is 9.90 Å². The molecule has 1 aromatic rings. The van der Waals surface area contributed by atoms with Gasteiger partial charge in [0.2, 0.25) is 0 Å².